The largest absolute Gasteiger partial charge is 0.492 e. The predicted molar refractivity (Wildman–Crippen MR) is 99.7 cm³/mol. The van der Waals surface area contributed by atoms with Gasteiger partial charge in [0.1, 0.15) is 18.4 Å². The van der Waals surface area contributed by atoms with Crippen LogP contribution in [0.3, 0.4) is 0 Å². The van der Waals surface area contributed by atoms with Gasteiger partial charge in [-0.05, 0) is 31.2 Å². The number of fused-ring (bicyclic) bond motifs is 3. The van der Waals surface area contributed by atoms with Crippen LogP contribution in [0, 0.1) is 0 Å². The first kappa shape index (κ1) is 23.2. The Morgan fingerprint density at radius 1 is 1.24 bits per heavy atom. The Kier molecular flexibility index (Phi) is 5.31. The average Bonchev–Trinajstić information content (AvgIpc) is 2.67. The van der Waals surface area contributed by atoms with Crippen LogP contribution in [-0.2, 0) is 20.6 Å². The maximum Gasteiger partial charge on any atom is 0.492 e. The highest BCUT2D eigenvalue weighted by molar-refractivity contribution is 5.88. The zero-order valence-corrected chi connectivity index (χ0v) is 17.2. The first-order valence-corrected chi connectivity index (χ1v) is 9.74. The van der Waals surface area contributed by atoms with Gasteiger partial charge in [0, 0.05) is 18.8 Å². The lowest BCUT2D eigenvalue weighted by Crippen LogP contribution is -2.70. The van der Waals surface area contributed by atoms with E-state index in [1.807, 2.05) is 5.43 Å². The van der Waals surface area contributed by atoms with Gasteiger partial charge in [-0.1, -0.05) is 0 Å². The van der Waals surface area contributed by atoms with Gasteiger partial charge in [-0.15, -0.1) is 0 Å². The van der Waals surface area contributed by atoms with Crippen molar-refractivity contribution >= 4 is 23.3 Å². The van der Waals surface area contributed by atoms with Crippen molar-refractivity contribution < 1.29 is 45.5 Å². The molecule has 1 aromatic carbocycles. The van der Waals surface area contributed by atoms with Crippen molar-refractivity contribution in [3.05, 3.63) is 17.7 Å². The van der Waals surface area contributed by atoms with Gasteiger partial charge < -0.3 is 25.1 Å². The second-order valence-electron chi connectivity index (χ2n) is 8.21. The van der Waals surface area contributed by atoms with Crippen molar-refractivity contribution in [2.24, 2.45) is 0 Å². The van der Waals surface area contributed by atoms with Gasteiger partial charge in [0.2, 0.25) is 0 Å². The summed E-state index contributed by atoms with van der Waals surface area (Å²) in [4.78, 5) is 29.2. The summed E-state index contributed by atoms with van der Waals surface area (Å²) in [5.74, 6) is -3.63. The third-order valence-electron chi connectivity index (χ3n) is 5.56. The van der Waals surface area contributed by atoms with Crippen LogP contribution in [0.5, 0.6) is 5.75 Å². The number of hydrogen-bond acceptors (Lipinski definition) is 8. The van der Waals surface area contributed by atoms with Crippen LogP contribution < -0.4 is 25.7 Å². The average molecular weight is 483 g/mol. The van der Waals surface area contributed by atoms with Gasteiger partial charge in [0.05, 0.1) is 16.8 Å². The Bertz CT molecular complexity index is 980. The molecule has 0 spiro atoms. The van der Waals surface area contributed by atoms with Gasteiger partial charge in [-0.2, -0.15) is 26.3 Å². The van der Waals surface area contributed by atoms with Crippen LogP contribution in [0.15, 0.2) is 12.1 Å². The number of amides is 1. The molecule has 3 N–H and O–H groups in total. The Labute approximate surface area is 182 Å². The fourth-order valence-electron chi connectivity index (χ4n) is 3.82. The Balaban J connectivity index is 1.74. The van der Waals surface area contributed by atoms with E-state index in [-0.39, 0.29) is 17.1 Å². The summed E-state index contributed by atoms with van der Waals surface area (Å²) < 4.78 is 84.6. The van der Waals surface area contributed by atoms with E-state index >= 15 is 0 Å². The SMILES string of the molecule is CC1C(=O)NN(OC(=O)C(F)(F)F)C2COc3cc(C(F)(F)F)c(NC4(C)CNC4)cc3N12. The molecule has 3 heterocycles. The van der Waals surface area contributed by atoms with E-state index in [1.54, 1.807) is 6.92 Å². The molecule has 2 unspecified atom stereocenters. The molecule has 9 nitrogen and oxygen atoms in total. The number of anilines is 2. The molecular weight excluding hydrogens is 464 g/mol. The first-order chi connectivity index (χ1) is 15.2. The number of nitrogens with one attached hydrogen (secondary N) is 3. The number of alkyl halides is 6. The lowest BCUT2D eigenvalue weighted by Gasteiger charge is -2.48. The Morgan fingerprint density at radius 3 is 2.45 bits per heavy atom. The van der Waals surface area contributed by atoms with Gasteiger partial charge in [-0.3, -0.25) is 10.2 Å². The second kappa shape index (κ2) is 7.55. The minimum Gasteiger partial charge on any atom is -0.488 e. The maximum absolute atomic E-state index is 13.7. The van der Waals surface area contributed by atoms with Crippen LogP contribution >= 0.6 is 0 Å². The Morgan fingerprint density at radius 2 is 1.91 bits per heavy atom. The molecule has 3 aliphatic heterocycles. The molecule has 1 aromatic rings. The summed E-state index contributed by atoms with van der Waals surface area (Å²) >= 11 is 0. The smallest absolute Gasteiger partial charge is 0.488 e. The normalized spacial score (nSPS) is 24.6. The lowest BCUT2D eigenvalue weighted by atomic mass is 9.94. The van der Waals surface area contributed by atoms with E-state index in [0.29, 0.717) is 18.3 Å². The van der Waals surface area contributed by atoms with E-state index in [0.717, 1.165) is 12.1 Å². The molecule has 0 radical (unpaired) electrons. The number of nitrogens with zero attached hydrogens (tertiary/aromatic N) is 2. The number of halogens is 6. The molecule has 182 valence electrons. The molecule has 3 aliphatic rings. The van der Waals surface area contributed by atoms with Gasteiger partial charge in [-0.25, -0.2) is 4.79 Å². The number of benzene rings is 1. The highest BCUT2D eigenvalue weighted by atomic mass is 19.4. The van der Waals surface area contributed by atoms with Crippen molar-refractivity contribution in [2.45, 2.75) is 43.9 Å². The van der Waals surface area contributed by atoms with Gasteiger partial charge >= 0.3 is 18.3 Å². The molecule has 0 saturated carbocycles. The molecule has 33 heavy (non-hydrogen) atoms. The third-order valence-corrected chi connectivity index (χ3v) is 5.56. The van der Waals surface area contributed by atoms with Crippen LogP contribution in [0.4, 0.5) is 37.7 Å². The topological polar surface area (TPSA) is 95.2 Å². The van der Waals surface area contributed by atoms with Crippen LogP contribution in [-0.4, -0.2) is 60.7 Å². The predicted octanol–water partition coefficient (Wildman–Crippen LogP) is 1.76. The first-order valence-electron chi connectivity index (χ1n) is 9.74. The number of carbonyl (C=O) groups is 2. The molecule has 1 amide bonds. The zero-order valence-electron chi connectivity index (χ0n) is 17.2. The summed E-state index contributed by atoms with van der Waals surface area (Å²) in [7, 11) is 0. The summed E-state index contributed by atoms with van der Waals surface area (Å²) in [6, 6.07) is 0.880. The molecule has 0 aromatic heterocycles. The molecular formula is C18H19F6N5O4. The molecule has 15 heteroatoms. The van der Waals surface area contributed by atoms with E-state index in [4.69, 9.17) is 4.74 Å². The number of rotatable bonds is 3. The summed E-state index contributed by atoms with van der Waals surface area (Å²) in [5.41, 5.74) is 0.105. The second-order valence-corrected chi connectivity index (χ2v) is 8.21. The van der Waals surface area contributed by atoms with Crippen molar-refractivity contribution in [1.29, 1.82) is 0 Å². The van der Waals surface area contributed by atoms with E-state index in [2.05, 4.69) is 15.5 Å². The fraction of sp³-hybridized carbons (Fsp3) is 0.556. The Hall–Kier alpha value is -2.94. The number of ether oxygens (including phenoxy) is 1. The highest BCUT2D eigenvalue weighted by Crippen LogP contribution is 2.46. The quantitative estimate of drug-likeness (QED) is 0.561. The maximum atomic E-state index is 13.7. The van der Waals surface area contributed by atoms with Crippen LogP contribution in [0.25, 0.3) is 0 Å². The summed E-state index contributed by atoms with van der Waals surface area (Å²) in [5, 5.41) is 6.10. The number of carbonyl (C=O) groups excluding carboxylic acids is 2. The van der Waals surface area contributed by atoms with Gasteiger partial charge in [0.25, 0.3) is 5.91 Å². The standard InChI is InChI=1S/C18H19F6N5O4/c1-8-14(30)27-29(33-15(31)18(22,23)24)13-5-32-12-3-9(17(19,20)21)10(4-11(12)28(8)13)26-16(2)6-25-7-16/h3-4,8,13,25-26H,5-7H2,1-2H3,(H,27,30). The molecule has 2 saturated heterocycles. The molecule has 0 aliphatic carbocycles. The van der Waals surface area contributed by atoms with Crippen molar-refractivity contribution in [2.75, 3.05) is 29.9 Å². The van der Waals surface area contributed by atoms with Gasteiger partial charge in [0.15, 0.2) is 6.17 Å². The van der Waals surface area contributed by atoms with E-state index in [1.165, 1.54) is 11.8 Å². The highest BCUT2D eigenvalue weighted by Gasteiger charge is 2.50. The zero-order chi connectivity index (χ0) is 24.3. The summed E-state index contributed by atoms with van der Waals surface area (Å²) in [6.45, 7) is 3.45. The minimum atomic E-state index is -5.34. The molecule has 2 fully saturated rings. The number of hydrazine groups is 1. The molecule has 2 atom stereocenters. The van der Waals surface area contributed by atoms with Crippen LogP contribution in [0.2, 0.25) is 0 Å². The van der Waals surface area contributed by atoms with Crippen molar-refractivity contribution in [3.8, 4) is 5.75 Å². The number of hydrogen-bond donors (Lipinski definition) is 3. The minimum absolute atomic E-state index is 0.0213. The lowest BCUT2D eigenvalue weighted by molar-refractivity contribution is -0.265. The molecule has 0 bridgehead atoms. The van der Waals surface area contributed by atoms with Crippen LogP contribution in [0.1, 0.15) is 19.4 Å². The van der Waals surface area contributed by atoms with E-state index < -0.39 is 54.1 Å². The molecule has 4 rings (SSSR count). The number of hydroxylamine groups is 1. The fourth-order valence-corrected chi connectivity index (χ4v) is 3.82. The summed E-state index contributed by atoms with van der Waals surface area (Å²) in [6.07, 6.45) is -11.3. The third kappa shape index (κ3) is 4.21. The van der Waals surface area contributed by atoms with E-state index in [9.17, 15) is 35.9 Å². The van der Waals surface area contributed by atoms with Crippen molar-refractivity contribution in [3.63, 3.8) is 0 Å². The monoisotopic (exact) mass is 483 g/mol. The van der Waals surface area contributed by atoms with Crippen molar-refractivity contribution in [1.82, 2.24) is 15.9 Å².